The van der Waals surface area contributed by atoms with Crippen LogP contribution in [0.15, 0.2) is 40.1 Å². The highest BCUT2D eigenvalue weighted by Gasteiger charge is 2.34. The maximum atomic E-state index is 12.0. The summed E-state index contributed by atoms with van der Waals surface area (Å²) in [7, 11) is 1.35. The van der Waals surface area contributed by atoms with E-state index in [4.69, 9.17) is 4.74 Å². The molecule has 1 atom stereocenters. The molecule has 0 aromatic carbocycles. The van der Waals surface area contributed by atoms with Gasteiger partial charge in [0.25, 0.3) is 0 Å². The number of nitrogens with one attached hydrogen (secondary N) is 1. The van der Waals surface area contributed by atoms with Crippen molar-refractivity contribution in [2.24, 2.45) is 0 Å². The van der Waals surface area contributed by atoms with E-state index in [2.05, 4.69) is 11.4 Å². The Hall–Kier alpha value is -2.06. The molecule has 0 radical (unpaired) electrons. The smallest absolute Gasteiger partial charge is 0.336 e. The zero-order valence-electron chi connectivity index (χ0n) is 11.0. The second-order valence-corrected chi connectivity index (χ2v) is 5.23. The number of carbonyl (C=O) groups excluding carboxylic acids is 1. The molecule has 1 unspecified atom stereocenters. The van der Waals surface area contributed by atoms with Crippen molar-refractivity contribution in [3.05, 3.63) is 44.9 Å². The highest BCUT2D eigenvalue weighted by Crippen LogP contribution is 2.39. The molecule has 1 aromatic rings. The van der Waals surface area contributed by atoms with Crippen LogP contribution >= 0.6 is 11.3 Å². The molecule has 1 aliphatic rings. The van der Waals surface area contributed by atoms with Crippen LogP contribution in [0.3, 0.4) is 0 Å². The van der Waals surface area contributed by atoms with Crippen LogP contribution in [0.2, 0.25) is 0 Å². The minimum atomic E-state index is -0.399. The van der Waals surface area contributed by atoms with Crippen molar-refractivity contribution in [2.45, 2.75) is 19.8 Å². The van der Waals surface area contributed by atoms with Gasteiger partial charge in [0.15, 0.2) is 0 Å². The fourth-order valence-electron chi connectivity index (χ4n) is 2.26. The van der Waals surface area contributed by atoms with Crippen LogP contribution in [0, 0.1) is 11.3 Å². The van der Waals surface area contributed by atoms with Crippen molar-refractivity contribution in [1.82, 2.24) is 5.32 Å². The highest BCUT2D eigenvalue weighted by molar-refractivity contribution is 7.10. The van der Waals surface area contributed by atoms with Gasteiger partial charge >= 0.3 is 5.97 Å². The Balaban J connectivity index is 2.61. The van der Waals surface area contributed by atoms with Gasteiger partial charge in [-0.15, -0.1) is 11.3 Å². The van der Waals surface area contributed by atoms with E-state index in [0.29, 0.717) is 11.1 Å². The molecule has 2 rings (SSSR count). The number of ether oxygens (including phenoxy) is 1. The van der Waals surface area contributed by atoms with Gasteiger partial charge in [-0.3, -0.25) is 0 Å². The van der Waals surface area contributed by atoms with Crippen molar-refractivity contribution >= 4 is 17.3 Å². The molecule has 98 valence electrons. The molecule has 4 nitrogen and oxygen atoms in total. The van der Waals surface area contributed by atoms with Gasteiger partial charge < -0.3 is 10.1 Å². The summed E-state index contributed by atoms with van der Waals surface area (Å²) < 4.78 is 4.85. The second kappa shape index (κ2) is 5.29. The van der Waals surface area contributed by atoms with Gasteiger partial charge in [0, 0.05) is 16.3 Å². The Labute approximate surface area is 116 Å². The monoisotopic (exact) mass is 274 g/mol. The summed E-state index contributed by atoms with van der Waals surface area (Å²) in [4.78, 5) is 13.0. The molecule has 5 heteroatoms. The van der Waals surface area contributed by atoms with Crippen LogP contribution in [0.1, 0.15) is 24.6 Å². The fraction of sp³-hybridized carbons (Fsp3) is 0.286. The number of rotatable bonds is 2. The van der Waals surface area contributed by atoms with E-state index in [1.54, 1.807) is 0 Å². The molecule has 1 aromatic heterocycles. The van der Waals surface area contributed by atoms with E-state index in [0.717, 1.165) is 16.3 Å². The first kappa shape index (κ1) is 13.4. The molecule has 19 heavy (non-hydrogen) atoms. The largest absolute Gasteiger partial charge is 0.466 e. The number of thiophene rings is 1. The van der Waals surface area contributed by atoms with Crippen molar-refractivity contribution in [2.75, 3.05) is 7.11 Å². The number of hydrogen-bond acceptors (Lipinski definition) is 5. The van der Waals surface area contributed by atoms with Gasteiger partial charge in [-0.1, -0.05) is 6.07 Å². The Bertz CT molecular complexity index is 606. The molecule has 0 aliphatic carbocycles. The van der Waals surface area contributed by atoms with E-state index >= 15 is 0 Å². The van der Waals surface area contributed by atoms with Crippen LogP contribution in [0.5, 0.6) is 0 Å². The number of methoxy groups -OCH3 is 1. The van der Waals surface area contributed by atoms with Crippen LogP contribution in [-0.4, -0.2) is 13.1 Å². The third-order valence-electron chi connectivity index (χ3n) is 3.11. The first-order valence-electron chi connectivity index (χ1n) is 5.80. The maximum Gasteiger partial charge on any atom is 0.336 e. The maximum absolute atomic E-state index is 12.0. The van der Waals surface area contributed by atoms with Gasteiger partial charge in [-0.2, -0.15) is 5.26 Å². The minimum Gasteiger partial charge on any atom is -0.466 e. The Morgan fingerprint density at radius 1 is 1.47 bits per heavy atom. The topological polar surface area (TPSA) is 62.1 Å². The fourth-order valence-corrected chi connectivity index (χ4v) is 3.11. The van der Waals surface area contributed by atoms with Gasteiger partial charge in [-0.25, -0.2) is 4.79 Å². The SMILES string of the molecule is COC(=O)C1=C(C)NC(C)=C(C#N)C1c1cccs1. The Kier molecular flexibility index (Phi) is 3.72. The predicted molar refractivity (Wildman–Crippen MR) is 73.2 cm³/mol. The van der Waals surface area contributed by atoms with Gasteiger partial charge in [0.05, 0.1) is 30.2 Å². The van der Waals surface area contributed by atoms with Gasteiger partial charge in [0.2, 0.25) is 0 Å². The third-order valence-corrected chi connectivity index (χ3v) is 4.05. The summed E-state index contributed by atoms with van der Waals surface area (Å²) >= 11 is 1.53. The molecule has 0 saturated heterocycles. The third kappa shape index (κ3) is 2.27. The number of dihydropyridines is 1. The van der Waals surface area contributed by atoms with Crippen molar-refractivity contribution in [3.8, 4) is 6.07 Å². The zero-order valence-corrected chi connectivity index (χ0v) is 11.8. The van der Waals surface area contributed by atoms with E-state index in [9.17, 15) is 10.1 Å². The van der Waals surface area contributed by atoms with E-state index in [1.807, 2.05) is 31.4 Å². The summed E-state index contributed by atoms with van der Waals surface area (Å²) in [6.45, 7) is 3.67. The Morgan fingerprint density at radius 3 is 2.74 bits per heavy atom. The summed E-state index contributed by atoms with van der Waals surface area (Å²) in [6.07, 6.45) is 0. The number of allylic oxidation sites excluding steroid dienone is 3. The van der Waals surface area contributed by atoms with Crippen molar-refractivity contribution < 1.29 is 9.53 Å². The lowest BCUT2D eigenvalue weighted by molar-refractivity contribution is -0.136. The molecule has 1 aliphatic heterocycles. The molecule has 2 heterocycles. The first-order chi connectivity index (χ1) is 9.10. The molecule has 1 N–H and O–H groups in total. The van der Waals surface area contributed by atoms with Crippen LogP contribution < -0.4 is 5.32 Å². The lowest BCUT2D eigenvalue weighted by Gasteiger charge is -2.27. The average molecular weight is 274 g/mol. The highest BCUT2D eigenvalue weighted by atomic mass is 32.1. The van der Waals surface area contributed by atoms with Crippen LogP contribution in [0.4, 0.5) is 0 Å². The number of carbonyl (C=O) groups is 1. The molecule has 0 saturated carbocycles. The van der Waals surface area contributed by atoms with E-state index < -0.39 is 5.97 Å². The van der Waals surface area contributed by atoms with Gasteiger partial charge in [0.1, 0.15) is 0 Å². The van der Waals surface area contributed by atoms with Gasteiger partial charge in [-0.05, 0) is 25.3 Å². The number of esters is 1. The molecule has 0 amide bonds. The minimum absolute atomic E-state index is 0.335. The second-order valence-electron chi connectivity index (χ2n) is 4.25. The summed E-state index contributed by atoms with van der Waals surface area (Å²) in [5.41, 5.74) is 2.59. The molecule has 0 fully saturated rings. The number of nitrogens with zero attached hydrogens (tertiary/aromatic N) is 1. The van der Waals surface area contributed by atoms with Crippen molar-refractivity contribution in [1.29, 1.82) is 5.26 Å². The summed E-state index contributed by atoms with van der Waals surface area (Å²) in [5.74, 6) is -0.734. The quantitative estimate of drug-likeness (QED) is 0.842. The summed E-state index contributed by atoms with van der Waals surface area (Å²) in [6, 6.07) is 6.05. The number of nitriles is 1. The predicted octanol–water partition coefficient (Wildman–Crippen LogP) is 2.68. The average Bonchev–Trinajstić information content (AvgIpc) is 2.90. The Morgan fingerprint density at radius 2 is 2.21 bits per heavy atom. The normalized spacial score (nSPS) is 18.9. The molecular weight excluding hydrogens is 260 g/mol. The molecule has 0 spiro atoms. The van der Waals surface area contributed by atoms with Crippen LogP contribution in [0.25, 0.3) is 0 Å². The number of hydrogen-bond donors (Lipinski definition) is 1. The van der Waals surface area contributed by atoms with Crippen LogP contribution in [-0.2, 0) is 9.53 Å². The lowest BCUT2D eigenvalue weighted by atomic mass is 9.85. The standard InChI is InChI=1S/C14H14N2O2S/c1-8-10(7-15)13(11-5-4-6-19-11)12(9(2)16-8)14(17)18-3/h4-6,13,16H,1-3H3. The lowest BCUT2D eigenvalue weighted by Crippen LogP contribution is -2.27. The van der Waals surface area contributed by atoms with E-state index in [-0.39, 0.29) is 5.92 Å². The molecular formula is C14H14N2O2S. The zero-order chi connectivity index (χ0) is 14.0. The molecule has 0 bridgehead atoms. The first-order valence-corrected chi connectivity index (χ1v) is 6.68. The van der Waals surface area contributed by atoms with Crippen molar-refractivity contribution in [3.63, 3.8) is 0 Å². The van der Waals surface area contributed by atoms with E-state index in [1.165, 1.54) is 18.4 Å². The summed E-state index contributed by atoms with van der Waals surface area (Å²) in [5, 5.41) is 14.4.